The topological polar surface area (TPSA) is 121 Å². The molecule has 0 amide bonds. The van der Waals surface area contributed by atoms with Gasteiger partial charge in [0.1, 0.15) is 11.6 Å². The molecule has 3 aromatic rings. The van der Waals surface area contributed by atoms with Crippen LogP contribution < -0.4 is 14.8 Å². The number of imidazole rings is 2. The summed E-state index contributed by atoms with van der Waals surface area (Å²) in [4.78, 5) is 28.9. The quantitative estimate of drug-likeness (QED) is 0.222. The number of carbonyl (C=O) groups is 1. The highest BCUT2D eigenvalue weighted by atomic mass is 16.5. The number of nitrogens with one attached hydrogen (secondary N) is 2. The number of benzene rings is 1. The molecule has 0 saturated carbocycles. The SMILES string of the molecule is COc1ccc(CNC(Cc2ncc[nH]2)c2nccn2CCCN2CCC3(CCN(CC(C)C)CC3)C2)cc1OCC(=O)O. The summed E-state index contributed by atoms with van der Waals surface area (Å²) in [5.41, 5.74) is 1.47. The van der Waals surface area contributed by atoms with Gasteiger partial charge in [-0.3, -0.25) is 0 Å². The molecule has 2 fully saturated rings. The molecule has 44 heavy (non-hydrogen) atoms. The maximum Gasteiger partial charge on any atom is 0.341 e. The summed E-state index contributed by atoms with van der Waals surface area (Å²) in [6.45, 7) is 12.9. The summed E-state index contributed by atoms with van der Waals surface area (Å²) in [5.74, 6) is 2.48. The molecular weight excluding hydrogens is 558 g/mol. The average Bonchev–Trinajstić information content (AvgIpc) is 3.78. The zero-order valence-corrected chi connectivity index (χ0v) is 26.5. The molecule has 0 radical (unpaired) electrons. The molecule has 2 aliphatic heterocycles. The number of piperidine rings is 1. The van der Waals surface area contributed by atoms with Crippen LogP contribution in [0.2, 0.25) is 0 Å². The summed E-state index contributed by atoms with van der Waals surface area (Å²) in [5, 5.41) is 12.7. The number of ether oxygens (including phenoxy) is 2. The number of carboxylic acids is 1. The van der Waals surface area contributed by atoms with Gasteiger partial charge in [0, 0.05) is 57.4 Å². The molecule has 0 aliphatic carbocycles. The van der Waals surface area contributed by atoms with Crippen molar-refractivity contribution in [3.63, 3.8) is 0 Å². The van der Waals surface area contributed by atoms with Gasteiger partial charge in [0.25, 0.3) is 0 Å². The first-order chi connectivity index (χ1) is 21.3. The molecule has 11 nitrogen and oxygen atoms in total. The second kappa shape index (κ2) is 15.0. The summed E-state index contributed by atoms with van der Waals surface area (Å²) in [6.07, 6.45) is 13.3. The first kappa shape index (κ1) is 32.0. The first-order valence-electron chi connectivity index (χ1n) is 16.0. The van der Waals surface area contributed by atoms with Gasteiger partial charge in [-0.1, -0.05) is 19.9 Å². The monoisotopic (exact) mass is 607 g/mol. The lowest BCUT2D eigenvalue weighted by molar-refractivity contribution is -0.139. The molecular formula is C33H49N7O4. The van der Waals surface area contributed by atoms with E-state index in [1.54, 1.807) is 19.4 Å². The Morgan fingerprint density at radius 3 is 2.59 bits per heavy atom. The Kier molecular flexibility index (Phi) is 10.9. The van der Waals surface area contributed by atoms with Crippen LogP contribution in [-0.2, 0) is 24.3 Å². The lowest BCUT2D eigenvalue weighted by Crippen LogP contribution is -2.42. The predicted octanol–water partition coefficient (Wildman–Crippen LogP) is 3.99. The van der Waals surface area contributed by atoms with Crippen molar-refractivity contribution in [2.75, 3.05) is 53.0 Å². The number of H-pyrrole nitrogens is 1. The fourth-order valence-corrected chi connectivity index (χ4v) is 6.82. The Balaban J connectivity index is 1.18. The number of likely N-dealkylation sites (tertiary alicyclic amines) is 2. The number of methoxy groups -OCH3 is 1. The Labute approximate surface area is 261 Å². The van der Waals surface area contributed by atoms with E-state index in [2.05, 4.69) is 49.7 Å². The molecule has 4 heterocycles. The second-order valence-corrected chi connectivity index (χ2v) is 12.9. The van der Waals surface area contributed by atoms with Gasteiger partial charge < -0.3 is 39.2 Å². The van der Waals surface area contributed by atoms with Crippen molar-refractivity contribution in [3.05, 3.63) is 60.2 Å². The molecule has 1 spiro atoms. The standard InChI is InChI=1S/C33H49N7O4/c1-25(2)22-38-15-7-33(8-16-38)9-17-39(24-33)13-4-14-40-18-12-36-32(40)27(20-30-34-10-11-35-30)37-21-26-5-6-28(43-3)29(19-26)44-23-31(41)42/h5-6,10-12,18-19,25,27,37H,4,7-9,13-17,20-24H2,1-3H3,(H,34,35)(H,41,42). The lowest BCUT2D eigenvalue weighted by Gasteiger charge is -2.40. The van der Waals surface area contributed by atoms with Crippen molar-refractivity contribution in [3.8, 4) is 11.5 Å². The van der Waals surface area contributed by atoms with E-state index in [-0.39, 0.29) is 6.04 Å². The van der Waals surface area contributed by atoms with Gasteiger partial charge in [0.05, 0.1) is 13.2 Å². The largest absolute Gasteiger partial charge is 0.493 e. The van der Waals surface area contributed by atoms with E-state index in [4.69, 9.17) is 19.6 Å². The van der Waals surface area contributed by atoms with E-state index >= 15 is 0 Å². The number of aryl methyl sites for hydroxylation is 1. The van der Waals surface area contributed by atoms with E-state index in [0.717, 1.165) is 42.6 Å². The van der Waals surface area contributed by atoms with Crippen molar-refractivity contribution in [2.45, 2.75) is 65.1 Å². The molecule has 2 aliphatic rings. The van der Waals surface area contributed by atoms with Gasteiger partial charge in [-0.15, -0.1) is 0 Å². The molecule has 1 aromatic carbocycles. The fraction of sp³-hybridized carbons (Fsp3) is 0.606. The third kappa shape index (κ3) is 8.61. The Morgan fingerprint density at radius 1 is 1.09 bits per heavy atom. The summed E-state index contributed by atoms with van der Waals surface area (Å²) < 4.78 is 13.1. The van der Waals surface area contributed by atoms with Gasteiger partial charge in [0.15, 0.2) is 18.1 Å². The smallest absolute Gasteiger partial charge is 0.341 e. The average molecular weight is 608 g/mol. The van der Waals surface area contributed by atoms with Crippen molar-refractivity contribution in [1.29, 1.82) is 0 Å². The minimum Gasteiger partial charge on any atom is -0.493 e. The lowest BCUT2D eigenvalue weighted by atomic mass is 9.77. The number of aromatic amines is 1. The van der Waals surface area contributed by atoms with Gasteiger partial charge in [-0.25, -0.2) is 14.8 Å². The number of hydrogen-bond donors (Lipinski definition) is 3. The van der Waals surface area contributed by atoms with Crippen LogP contribution in [-0.4, -0.2) is 93.4 Å². The molecule has 1 atom stereocenters. The Bertz CT molecular complexity index is 1320. The van der Waals surface area contributed by atoms with E-state index in [0.29, 0.717) is 29.9 Å². The first-order valence-corrected chi connectivity index (χ1v) is 16.0. The molecule has 2 saturated heterocycles. The minimum absolute atomic E-state index is 0.0762. The zero-order valence-electron chi connectivity index (χ0n) is 26.5. The normalized spacial score (nSPS) is 17.8. The third-order valence-electron chi connectivity index (χ3n) is 9.07. The van der Waals surface area contributed by atoms with Gasteiger partial charge in [0.2, 0.25) is 0 Å². The fourth-order valence-electron chi connectivity index (χ4n) is 6.82. The second-order valence-electron chi connectivity index (χ2n) is 12.9. The molecule has 2 aromatic heterocycles. The van der Waals surface area contributed by atoms with Crippen LogP contribution in [0, 0.1) is 11.3 Å². The van der Waals surface area contributed by atoms with E-state index in [1.165, 1.54) is 52.0 Å². The van der Waals surface area contributed by atoms with Crippen LogP contribution in [0.4, 0.5) is 0 Å². The highest BCUT2D eigenvalue weighted by Crippen LogP contribution is 2.40. The number of aromatic nitrogens is 4. The maximum absolute atomic E-state index is 11.0. The van der Waals surface area contributed by atoms with Crippen LogP contribution in [0.3, 0.4) is 0 Å². The van der Waals surface area contributed by atoms with Crippen molar-refractivity contribution < 1.29 is 19.4 Å². The molecule has 3 N–H and O–H groups in total. The zero-order chi connectivity index (χ0) is 30.9. The Morgan fingerprint density at radius 2 is 1.89 bits per heavy atom. The number of carboxylic acid groups (broad SMARTS) is 1. The summed E-state index contributed by atoms with van der Waals surface area (Å²) in [6, 6.07) is 5.50. The van der Waals surface area contributed by atoms with Gasteiger partial charge in [-0.2, -0.15) is 0 Å². The van der Waals surface area contributed by atoms with E-state index < -0.39 is 12.6 Å². The van der Waals surface area contributed by atoms with Gasteiger partial charge in [-0.05, 0) is 80.9 Å². The number of nitrogens with zero attached hydrogens (tertiary/aromatic N) is 5. The predicted molar refractivity (Wildman–Crippen MR) is 169 cm³/mol. The van der Waals surface area contributed by atoms with Crippen molar-refractivity contribution >= 4 is 5.97 Å². The third-order valence-corrected chi connectivity index (χ3v) is 9.07. The van der Waals surface area contributed by atoms with Crippen LogP contribution in [0.25, 0.3) is 0 Å². The highest BCUT2D eigenvalue weighted by molar-refractivity contribution is 5.68. The molecule has 11 heteroatoms. The van der Waals surface area contributed by atoms with Crippen LogP contribution in [0.15, 0.2) is 43.0 Å². The van der Waals surface area contributed by atoms with E-state index in [1.807, 2.05) is 24.5 Å². The molecule has 1 unspecified atom stereocenters. The Hall–Kier alpha value is -3.41. The summed E-state index contributed by atoms with van der Waals surface area (Å²) in [7, 11) is 1.54. The molecule has 240 valence electrons. The number of aliphatic carboxylic acids is 1. The highest BCUT2D eigenvalue weighted by Gasteiger charge is 2.40. The summed E-state index contributed by atoms with van der Waals surface area (Å²) >= 11 is 0. The molecule has 5 rings (SSSR count). The minimum atomic E-state index is -1.03. The number of hydrogen-bond acceptors (Lipinski definition) is 8. The number of rotatable bonds is 16. The van der Waals surface area contributed by atoms with Gasteiger partial charge >= 0.3 is 5.97 Å². The van der Waals surface area contributed by atoms with Crippen LogP contribution in [0.1, 0.15) is 62.8 Å². The van der Waals surface area contributed by atoms with Crippen molar-refractivity contribution in [1.82, 2.24) is 34.6 Å². The maximum atomic E-state index is 11.0. The van der Waals surface area contributed by atoms with Crippen LogP contribution >= 0.6 is 0 Å². The van der Waals surface area contributed by atoms with Crippen molar-refractivity contribution in [2.24, 2.45) is 11.3 Å². The van der Waals surface area contributed by atoms with E-state index in [9.17, 15) is 4.79 Å². The molecule has 0 bridgehead atoms. The van der Waals surface area contributed by atoms with Crippen LogP contribution in [0.5, 0.6) is 11.5 Å².